The highest BCUT2D eigenvalue weighted by molar-refractivity contribution is 9.10. The number of aromatic nitrogens is 1. The summed E-state index contributed by atoms with van der Waals surface area (Å²) in [5.74, 6) is -2.59. The molecule has 10 heteroatoms. The van der Waals surface area contributed by atoms with Crippen LogP contribution in [0.4, 0.5) is 5.69 Å². The van der Waals surface area contributed by atoms with Crippen LogP contribution in [0.3, 0.4) is 0 Å². The van der Waals surface area contributed by atoms with Crippen molar-refractivity contribution in [2.45, 2.75) is 40.3 Å². The topological polar surface area (TPSA) is 135 Å². The minimum atomic E-state index is -1.25. The SMILES string of the molecule is CCN(CC)C(CC(N)=O)n1c(C=C2C(=O)Nc3ccc(Br)cc32)c(C(C)=O)c(C)c1C(=O)O. The van der Waals surface area contributed by atoms with Crippen LogP contribution in [0.1, 0.15) is 71.0 Å². The monoisotopic (exact) mass is 530 g/mol. The Labute approximate surface area is 205 Å². The van der Waals surface area contributed by atoms with Crippen LogP contribution in [0.5, 0.6) is 0 Å². The van der Waals surface area contributed by atoms with E-state index < -0.39 is 18.0 Å². The fourth-order valence-electron chi connectivity index (χ4n) is 4.54. The molecule has 0 spiro atoms. The van der Waals surface area contributed by atoms with E-state index in [9.17, 15) is 24.3 Å². The van der Waals surface area contributed by atoms with Crippen molar-refractivity contribution in [2.75, 3.05) is 18.4 Å². The van der Waals surface area contributed by atoms with Gasteiger partial charge >= 0.3 is 5.97 Å². The lowest BCUT2D eigenvalue weighted by Crippen LogP contribution is -2.37. The minimum Gasteiger partial charge on any atom is -0.477 e. The Hall–Kier alpha value is -3.24. The molecule has 0 radical (unpaired) electrons. The molecule has 3 rings (SSSR count). The number of hydrogen-bond donors (Lipinski definition) is 3. The summed E-state index contributed by atoms with van der Waals surface area (Å²) in [5, 5.41) is 12.9. The molecule has 9 nitrogen and oxygen atoms in total. The van der Waals surface area contributed by atoms with Crippen molar-refractivity contribution in [1.82, 2.24) is 9.47 Å². The molecule has 1 aliphatic rings. The maximum absolute atomic E-state index is 12.9. The van der Waals surface area contributed by atoms with E-state index in [-0.39, 0.29) is 46.2 Å². The Morgan fingerprint density at radius 2 is 1.91 bits per heavy atom. The molecule has 1 atom stereocenters. The second-order valence-electron chi connectivity index (χ2n) is 8.04. The lowest BCUT2D eigenvalue weighted by molar-refractivity contribution is -0.120. The van der Waals surface area contributed by atoms with Crippen molar-refractivity contribution in [3.8, 4) is 0 Å². The highest BCUT2D eigenvalue weighted by Gasteiger charge is 2.34. The molecule has 0 saturated heterocycles. The summed E-state index contributed by atoms with van der Waals surface area (Å²) in [5.41, 5.74) is 7.63. The lowest BCUT2D eigenvalue weighted by atomic mass is 10.0. The third-order valence-electron chi connectivity index (χ3n) is 6.00. The molecule has 4 N–H and O–H groups in total. The van der Waals surface area contributed by atoms with Crippen molar-refractivity contribution in [1.29, 1.82) is 0 Å². The van der Waals surface area contributed by atoms with Crippen molar-refractivity contribution in [2.24, 2.45) is 5.73 Å². The Bertz CT molecular complexity index is 1230. The van der Waals surface area contributed by atoms with E-state index >= 15 is 0 Å². The number of carbonyl (C=O) groups excluding carboxylic acids is 3. The van der Waals surface area contributed by atoms with Gasteiger partial charge in [-0.2, -0.15) is 0 Å². The average molecular weight is 531 g/mol. The number of rotatable bonds is 9. The average Bonchev–Trinajstić information content (AvgIpc) is 3.21. The number of carbonyl (C=O) groups is 4. The number of carboxylic acid groups (broad SMARTS) is 1. The van der Waals surface area contributed by atoms with Crippen LogP contribution in [-0.2, 0) is 9.59 Å². The van der Waals surface area contributed by atoms with Crippen LogP contribution >= 0.6 is 15.9 Å². The van der Waals surface area contributed by atoms with Crippen molar-refractivity contribution >= 4 is 56.8 Å². The number of anilines is 1. The third-order valence-corrected chi connectivity index (χ3v) is 6.50. The Morgan fingerprint density at radius 3 is 2.44 bits per heavy atom. The van der Waals surface area contributed by atoms with E-state index in [2.05, 4.69) is 21.2 Å². The molecule has 1 aromatic carbocycles. The van der Waals surface area contributed by atoms with Gasteiger partial charge in [0, 0.05) is 21.3 Å². The quantitative estimate of drug-likeness (QED) is 0.334. The van der Waals surface area contributed by atoms with Gasteiger partial charge in [-0.15, -0.1) is 0 Å². The number of benzene rings is 1. The maximum Gasteiger partial charge on any atom is 0.352 e. The smallest absolute Gasteiger partial charge is 0.352 e. The van der Waals surface area contributed by atoms with Gasteiger partial charge in [0.25, 0.3) is 5.91 Å². The zero-order valence-corrected chi connectivity index (χ0v) is 21.0. The van der Waals surface area contributed by atoms with Crippen LogP contribution in [0.25, 0.3) is 11.6 Å². The van der Waals surface area contributed by atoms with Gasteiger partial charge in [0.2, 0.25) is 5.91 Å². The Morgan fingerprint density at radius 1 is 1.26 bits per heavy atom. The third kappa shape index (κ3) is 4.55. The van der Waals surface area contributed by atoms with Crippen molar-refractivity contribution in [3.63, 3.8) is 0 Å². The summed E-state index contributed by atoms with van der Waals surface area (Å²) in [7, 11) is 0. The molecule has 0 fully saturated rings. The van der Waals surface area contributed by atoms with Crippen LogP contribution < -0.4 is 11.1 Å². The van der Waals surface area contributed by atoms with Crippen LogP contribution in [-0.4, -0.2) is 51.2 Å². The van der Waals surface area contributed by atoms with E-state index in [0.717, 1.165) is 4.47 Å². The predicted molar refractivity (Wildman–Crippen MR) is 133 cm³/mol. The number of amides is 2. The first-order chi connectivity index (χ1) is 16.0. The highest BCUT2D eigenvalue weighted by Crippen LogP contribution is 2.38. The summed E-state index contributed by atoms with van der Waals surface area (Å²) >= 11 is 3.41. The first kappa shape index (κ1) is 25.4. The number of fused-ring (bicyclic) bond motifs is 1. The van der Waals surface area contributed by atoms with Gasteiger partial charge < -0.3 is 20.7 Å². The number of nitrogens with one attached hydrogen (secondary N) is 1. The van der Waals surface area contributed by atoms with Gasteiger partial charge in [-0.3, -0.25) is 19.3 Å². The van der Waals surface area contributed by atoms with Gasteiger partial charge in [0.1, 0.15) is 5.69 Å². The van der Waals surface area contributed by atoms with E-state index in [1.54, 1.807) is 25.1 Å². The normalized spacial score (nSPS) is 14.9. The molecular weight excluding hydrogens is 504 g/mol. The minimum absolute atomic E-state index is 0.122. The highest BCUT2D eigenvalue weighted by atomic mass is 79.9. The number of Topliss-reactive ketones (excluding diaryl/α,β-unsaturated/α-hetero) is 1. The zero-order valence-electron chi connectivity index (χ0n) is 19.4. The Balaban J connectivity index is 2.42. The van der Waals surface area contributed by atoms with E-state index in [1.165, 1.54) is 17.6 Å². The van der Waals surface area contributed by atoms with Gasteiger partial charge in [0.05, 0.1) is 23.9 Å². The summed E-state index contributed by atoms with van der Waals surface area (Å²) in [4.78, 5) is 51.9. The molecule has 2 heterocycles. The number of halogens is 1. The van der Waals surface area contributed by atoms with Crippen molar-refractivity contribution < 1.29 is 24.3 Å². The van der Waals surface area contributed by atoms with Crippen LogP contribution in [0.15, 0.2) is 22.7 Å². The second kappa shape index (κ2) is 9.94. The number of carboxylic acids is 1. The molecule has 2 amide bonds. The largest absolute Gasteiger partial charge is 0.477 e. The standard InChI is InChI=1S/C24H27BrN4O5/c1-5-28(6-2)20(11-19(26)31)29-18(21(13(4)30)12(3)22(29)24(33)34)10-16-15-9-14(25)7-8-17(15)27-23(16)32/h7-10,20H,5-6,11H2,1-4H3,(H2,26,31)(H,27,32)(H,33,34). The van der Waals surface area contributed by atoms with Crippen molar-refractivity contribution in [3.05, 3.63) is 50.8 Å². The van der Waals surface area contributed by atoms with E-state index in [0.29, 0.717) is 24.3 Å². The molecular formula is C24H27BrN4O5. The zero-order chi connectivity index (χ0) is 25.3. The molecule has 0 saturated carbocycles. The molecule has 1 aromatic heterocycles. The summed E-state index contributed by atoms with van der Waals surface area (Å²) < 4.78 is 2.22. The number of primary amides is 1. The maximum atomic E-state index is 12.9. The Kier molecular flexibility index (Phi) is 7.42. The van der Waals surface area contributed by atoms with Gasteiger partial charge in [-0.05, 0) is 56.8 Å². The van der Waals surface area contributed by atoms with E-state index in [1.807, 2.05) is 18.7 Å². The summed E-state index contributed by atoms with van der Waals surface area (Å²) in [6, 6.07) is 5.32. The molecule has 0 aliphatic carbocycles. The summed E-state index contributed by atoms with van der Waals surface area (Å²) in [6.45, 7) is 7.69. The summed E-state index contributed by atoms with van der Waals surface area (Å²) in [6.07, 6.45) is 0.600. The van der Waals surface area contributed by atoms with E-state index in [4.69, 9.17) is 5.73 Å². The van der Waals surface area contributed by atoms with Gasteiger partial charge in [-0.25, -0.2) is 4.79 Å². The molecule has 1 unspecified atom stereocenters. The second-order valence-corrected chi connectivity index (χ2v) is 8.96. The van der Waals surface area contributed by atoms with Gasteiger partial charge in [0.15, 0.2) is 5.78 Å². The van der Waals surface area contributed by atoms with Gasteiger partial charge in [-0.1, -0.05) is 29.8 Å². The first-order valence-electron chi connectivity index (χ1n) is 10.9. The first-order valence-corrected chi connectivity index (χ1v) is 11.6. The fourth-order valence-corrected chi connectivity index (χ4v) is 4.90. The molecule has 2 aromatic rings. The molecule has 180 valence electrons. The number of nitrogens with zero attached hydrogens (tertiary/aromatic N) is 2. The number of aromatic carboxylic acids is 1. The number of ketones is 1. The molecule has 34 heavy (non-hydrogen) atoms. The van der Waals surface area contributed by atoms with Crippen LogP contribution in [0.2, 0.25) is 0 Å². The predicted octanol–water partition coefficient (Wildman–Crippen LogP) is 3.67. The fraction of sp³-hybridized carbons (Fsp3) is 0.333. The van der Waals surface area contributed by atoms with Crippen LogP contribution in [0, 0.1) is 6.92 Å². The number of hydrogen-bond acceptors (Lipinski definition) is 5. The molecule has 1 aliphatic heterocycles. The molecule has 0 bridgehead atoms. The lowest BCUT2D eigenvalue weighted by Gasteiger charge is -2.32. The number of nitrogens with two attached hydrogens (primary N) is 1.